The van der Waals surface area contributed by atoms with Gasteiger partial charge in [-0.2, -0.15) is 0 Å². The second kappa shape index (κ2) is 14.9. The van der Waals surface area contributed by atoms with Crippen molar-refractivity contribution in [2.24, 2.45) is 0 Å². The maximum atomic E-state index is 6.28. The first-order valence-corrected chi connectivity index (χ1v) is 23.4. The summed E-state index contributed by atoms with van der Waals surface area (Å²) in [4.78, 5) is 4.81. The van der Waals surface area contributed by atoms with E-state index in [4.69, 9.17) is 7.85 Å². The Balaban J connectivity index is 1.11. The van der Waals surface area contributed by atoms with Crippen LogP contribution in [0, 0.1) is 0 Å². The lowest BCUT2D eigenvalue weighted by molar-refractivity contribution is 0.590. The molecule has 0 unspecified atom stereocenters. The molecule has 64 heavy (non-hydrogen) atoms. The molecule has 2 aliphatic carbocycles. The van der Waals surface area contributed by atoms with E-state index in [1.165, 1.54) is 66.4 Å². The number of halogens is 1. The second-order valence-electron chi connectivity index (χ2n) is 21.1. The third-order valence-corrected chi connectivity index (χ3v) is 14.7. The molecule has 0 aromatic heterocycles. The van der Waals surface area contributed by atoms with Crippen LogP contribution in [-0.2, 0) is 21.7 Å². The lowest BCUT2D eigenvalue weighted by atomic mass is 9.79. The van der Waals surface area contributed by atoms with Gasteiger partial charge in [0.05, 0.1) is 5.69 Å². The van der Waals surface area contributed by atoms with Gasteiger partial charge in [-0.1, -0.05) is 157 Å². The number of hydrogen-bond donors (Lipinski definition) is 0. The molecule has 10 rings (SSSR count). The minimum Gasteiger partial charge on any atom is -0.310 e. The Bertz CT molecular complexity index is 3110. The molecule has 8 aromatic rings. The van der Waals surface area contributed by atoms with Gasteiger partial charge in [0, 0.05) is 49.1 Å². The van der Waals surface area contributed by atoms with E-state index in [1.807, 2.05) is 12.1 Å². The molecule has 0 N–H and O–H groups in total. The fourth-order valence-electron chi connectivity index (χ4n) is 10.4. The van der Waals surface area contributed by atoms with Gasteiger partial charge in [0.1, 0.15) is 7.85 Å². The van der Waals surface area contributed by atoms with Gasteiger partial charge in [-0.05, 0) is 163 Å². The van der Waals surface area contributed by atoms with Crippen molar-refractivity contribution < 1.29 is 0 Å². The Kier molecular flexibility index (Phi) is 9.78. The predicted molar refractivity (Wildman–Crippen MR) is 279 cm³/mol. The zero-order chi connectivity index (χ0) is 45.1. The Morgan fingerprint density at radius 1 is 0.422 bits per heavy atom. The summed E-state index contributed by atoms with van der Waals surface area (Å²) in [6.07, 6.45) is 0. The van der Waals surface area contributed by atoms with E-state index in [1.54, 1.807) is 0 Å². The van der Waals surface area contributed by atoms with Crippen molar-refractivity contribution in [2.75, 3.05) is 9.80 Å². The molecule has 0 saturated carbocycles. The number of benzene rings is 8. The first-order valence-electron chi connectivity index (χ1n) is 22.7. The first-order chi connectivity index (χ1) is 30.3. The number of nitrogens with zero attached hydrogens (tertiary/aromatic N) is 2. The van der Waals surface area contributed by atoms with Crippen molar-refractivity contribution >= 4 is 74.1 Å². The highest BCUT2D eigenvalue weighted by Gasteiger charge is 2.43. The monoisotopic (exact) mass is 894 g/mol. The normalized spacial score (nSPS) is 14.5. The summed E-state index contributed by atoms with van der Waals surface area (Å²) in [5, 5.41) is 2.49. The summed E-state index contributed by atoms with van der Waals surface area (Å²) in [6.45, 7) is 23.3. The molecule has 0 spiro atoms. The van der Waals surface area contributed by atoms with E-state index in [2.05, 4.69) is 241 Å². The third kappa shape index (κ3) is 6.83. The number of hydrogen-bond acceptors (Lipinski definition) is 2. The highest BCUT2D eigenvalue weighted by Crippen LogP contribution is 2.59. The van der Waals surface area contributed by atoms with Crippen LogP contribution < -0.4 is 15.3 Å². The van der Waals surface area contributed by atoms with E-state index in [-0.39, 0.29) is 21.7 Å². The number of anilines is 6. The van der Waals surface area contributed by atoms with E-state index in [0.717, 1.165) is 44.1 Å². The molecule has 4 heteroatoms. The zero-order valence-corrected chi connectivity index (χ0v) is 40.4. The van der Waals surface area contributed by atoms with Crippen LogP contribution in [0.15, 0.2) is 162 Å². The molecule has 0 aliphatic heterocycles. The Morgan fingerprint density at radius 3 is 1.42 bits per heavy atom. The van der Waals surface area contributed by atoms with Gasteiger partial charge in [-0.25, -0.2) is 0 Å². The second-order valence-corrected chi connectivity index (χ2v) is 22.0. The SMILES string of the molecule is [B]c1ccc(N(c2ccc(C(C)(C)C)cc2)c2cc3c(c4ccccc24)-c2cc4c(cc2C3(C)C)-c2ccc(N(c3ccc(Br)cc3)c3ccc(C(C)(C)C)cc3)cc2C4(C)C)cc1. The summed E-state index contributed by atoms with van der Waals surface area (Å²) in [5.41, 5.74) is 20.6. The molecule has 2 aliphatic rings. The van der Waals surface area contributed by atoms with Gasteiger partial charge in [0.25, 0.3) is 0 Å². The highest BCUT2D eigenvalue weighted by atomic mass is 79.9. The van der Waals surface area contributed by atoms with Gasteiger partial charge in [0.15, 0.2) is 0 Å². The first kappa shape index (κ1) is 42.1. The molecule has 316 valence electrons. The van der Waals surface area contributed by atoms with Crippen molar-refractivity contribution in [1.82, 2.24) is 0 Å². The quantitative estimate of drug-likeness (QED) is 0.153. The smallest absolute Gasteiger partial charge is 0.113 e. The van der Waals surface area contributed by atoms with Crippen molar-refractivity contribution in [3.8, 4) is 22.3 Å². The van der Waals surface area contributed by atoms with Crippen LogP contribution in [0.4, 0.5) is 34.1 Å². The molecule has 0 bridgehead atoms. The summed E-state index contributed by atoms with van der Waals surface area (Å²) in [5.74, 6) is 0. The molecule has 0 heterocycles. The van der Waals surface area contributed by atoms with E-state index < -0.39 is 0 Å². The fourth-order valence-corrected chi connectivity index (χ4v) is 10.7. The lowest BCUT2D eigenvalue weighted by Crippen LogP contribution is -2.18. The van der Waals surface area contributed by atoms with Gasteiger partial charge in [0.2, 0.25) is 0 Å². The van der Waals surface area contributed by atoms with Crippen molar-refractivity contribution in [1.29, 1.82) is 0 Å². The molecule has 2 radical (unpaired) electrons. The number of fused-ring (bicyclic) bond motifs is 8. The average molecular weight is 896 g/mol. The van der Waals surface area contributed by atoms with Gasteiger partial charge in [-0.15, -0.1) is 0 Å². The minimum atomic E-state index is -0.258. The maximum absolute atomic E-state index is 6.28. The maximum Gasteiger partial charge on any atom is 0.113 e. The summed E-state index contributed by atoms with van der Waals surface area (Å²) in [6, 6.07) is 58.9. The zero-order valence-electron chi connectivity index (χ0n) is 38.9. The van der Waals surface area contributed by atoms with Crippen LogP contribution in [0.3, 0.4) is 0 Å². The molecule has 0 fully saturated rings. The van der Waals surface area contributed by atoms with Crippen LogP contribution >= 0.6 is 15.9 Å². The predicted octanol–water partition coefficient (Wildman–Crippen LogP) is 16.5. The van der Waals surface area contributed by atoms with Crippen molar-refractivity contribution in [3.63, 3.8) is 0 Å². The summed E-state index contributed by atoms with van der Waals surface area (Å²) in [7, 11) is 6.28. The van der Waals surface area contributed by atoms with E-state index in [9.17, 15) is 0 Å². The molecule has 2 nitrogen and oxygen atoms in total. The van der Waals surface area contributed by atoms with Gasteiger partial charge < -0.3 is 9.80 Å². The molecular formula is C60H56BBrN2. The van der Waals surface area contributed by atoms with Crippen LogP contribution in [0.25, 0.3) is 33.0 Å². The standard InChI is InChI=1S/C60H56BBrN2/c1-57(2,3)37-15-23-41(24-16-37)63(42-29-21-40(62)22-30-42)45-31-32-46-49-34-53-50(35-52(49)59(7,8)51(46)33-45)56-48-14-12-11-13-47(48)55(36-54(56)60(53,9)10)64(44-27-19-39(61)20-28-44)43-25-17-38(18-26-43)58(4,5)6/h11-36H,1-10H3. The Hall–Kier alpha value is -5.84. The lowest BCUT2D eigenvalue weighted by Gasteiger charge is -2.30. The summed E-state index contributed by atoms with van der Waals surface area (Å²) >= 11 is 3.68. The molecule has 8 aromatic carbocycles. The Morgan fingerprint density at radius 2 is 0.859 bits per heavy atom. The largest absolute Gasteiger partial charge is 0.310 e. The van der Waals surface area contributed by atoms with Crippen LogP contribution in [0.2, 0.25) is 0 Å². The molecule has 0 saturated heterocycles. The average Bonchev–Trinajstić information content (AvgIpc) is 3.62. The molecule has 0 atom stereocenters. The van der Waals surface area contributed by atoms with Gasteiger partial charge >= 0.3 is 0 Å². The Labute approximate surface area is 390 Å². The van der Waals surface area contributed by atoms with Crippen molar-refractivity contribution in [3.05, 3.63) is 196 Å². The van der Waals surface area contributed by atoms with Gasteiger partial charge in [-0.3, -0.25) is 0 Å². The number of rotatable bonds is 6. The highest BCUT2D eigenvalue weighted by molar-refractivity contribution is 9.10. The van der Waals surface area contributed by atoms with Crippen LogP contribution in [-0.4, -0.2) is 7.85 Å². The van der Waals surface area contributed by atoms with Crippen LogP contribution in [0.1, 0.15) is 103 Å². The molecular weight excluding hydrogens is 839 g/mol. The van der Waals surface area contributed by atoms with Crippen molar-refractivity contribution in [2.45, 2.75) is 90.9 Å². The molecule has 0 amide bonds. The van der Waals surface area contributed by atoms with E-state index in [0.29, 0.717) is 0 Å². The van der Waals surface area contributed by atoms with Crippen LogP contribution in [0.5, 0.6) is 0 Å². The fraction of sp³-hybridized carbons (Fsp3) is 0.233. The van der Waals surface area contributed by atoms with E-state index >= 15 is 0 Å². The summed E-state index contributed by atoms with van der Waals surface area (Å²) < 4.78 is 1.07. The topological polar surface area (TPSA) is 6.48 Å². The third-order valence-electron chi connectivity index (χ3n) is 14.2. The minimum absolute atomic E-state index is 0.0531.